The molecule has 12 heterocycles. The van der Waals surface area contributed by atoms with Crippen LogP contribution in [0.2, 0.25) is 0 Å². The van der Waals surface area contributed by atoms with E-state index < -0.39 is 162 Å². The summed E-state index contributed by atoms with van der Waals surface area (Å²) >= 11 is 0. The fourth-order valence-corrected chi connectivity index (χ4v) is 13.5. The van der Waals surface area contributed by atoms with Crippen molar-refractivity contribution in [1.29, 1.82) is 0 Å². The van der Waals surface area contributed by atoms with E-state index in [9.17, 15) is 68.3 Å². The standard InChI is InChI=1S/C41H52N20O25P4/c42-30-18-34(50-5-46-30)58(9-54-18)38-26(66)22(62)15(80-38)3-78-89(72,73)86-29-25(65)17(83-41(29)61-12-57-21-33(45)49-8-53-37(21)61)4-79-90(74,75)85-28-23(63)14(81-40(28)60-11-56-20-32(44)48-7-52-36(20)60)1-76-13-87(67,68)84-27-24(64)16(2-77-88(69,70)71)82-39(27)59-10-55-19-31(43)47-6-51-35(19)59/h5-12,14-17,22-29,38-41,62-66H,1-4,13H2,(H,67,68)(H,72,73)(H,74,75)(H2,42,46,50)(H2,43,47,51)(H2,44,48,52)(H2,45,49,53)(H2,69,70,71)/t14-,15-,16-,17-,22-,23-,24-,25-,26-,27-,28+,29-,38-,39-,40-,41-/m1/s1. The van der Waals surface area contributed by atoms with Gasteiger partial charge in [-0.15, -0.1) is 0 Å². The molecule has 0 bridgehead atoms. The molecular weight excluding hydrogens is 1300 g/mol. The van der Waals surface area contributed by atoms with Crippen molar-refractivity contribution in [2.24, 2.45) is 0 Å². The molecule has 0 saturated carbocycles. The third-order valence-electron chi connectivity index (χ3n) is 14.5. The highest BCUT2D eigenvalue weighted by molar-refractivity contribution is 7.52. The predicted molar refractivity (Wildman–Crippen MR) is 289 cm³/mol. The second kappa shape index (κ2) is 24.5. The minimum absolute atomic E-state index is 0.000107. The van der Waals surface area contributed by atoms with Crippen molar-refractivity contribution in [3.8, 4) is 0 Å². The number of nitrogens with zero attached hydrogens (tertiary/aromatic N) is 16. The number of aromatic nitrogens is 16. The maximum absolute atomic E-state index is 14.1. The number of nitrogen functional groups attached to an aromatic ring is 4. The van der Waals surface area contributed by atoms with Gasteiger partial charge in [0.15, 0.2) is 70.8 Å². The molecule has 0 aliphatic carbocycles. The van der Waals surface area contributed by atoms with Crippen molar-refractivity contribution in [2.45, 2.75) is 98.2 Å². The quantitative estimate of drug-likeness (QED) is 0.0270. The molecule has 12 rings (SSSR count). The Kier molecular flexibility index (Phi) is 17.3. The Labute approximate surface area is 499 Å². The zero-order chi connectivity index (χ0) is 63.9. The van der Waals surface area contributed by atoms with E-state index in [2.05, 4.69) is 64.3 Å². The summed E-state index contributed by atoms with van der Waals surface area (Å²) in [6.07, 6.45) is -20.6. The minimum atomic E-state index is -5.57. The van der Waals surface area contributed by atoms with Gasteiger partial charge < -0.3 is 96.6 Å². The Balaban J connectivity index is 0.735. The van der Waals surface area contributed by atoms with Crippen molar-refractivity contribution in [3.05, 3.63) is 50.6 Å². The van der Waals surface area contributed by atoms with Gasteiger partial charge in [0.25, 0.3) is 0 Å². The monoisotopic (exact) mass is 1350 g/mol. The molecule has 18 N–H and O–H groups in total. The topological polar surface area (TPSA) is 651 Å². The number of aliphatic hydroxyl groups excluding tert-OH is 5. The Hall–Kier alpha value is -6.52. The van der Waals surface area contributed by atoms with Gasteiger partial charge in [-0.25, -0.2) is 73.5 Å². The van der Waals surface area contributed by atoms with E-state index in [1.165, 1.54) is 10.9 Å². The number of hydrogen-bond donors (Lipinski definition) is 14. The summed E-state index contributed by atoms with van der Waals surface area (Å²) < 4.78 is 119. The molecule has 0 spiro atoms. The third-order valence-corrected chi connectivity index (χ3v) is 18.0. The fourth-order valence-electron chi connectivity index (χ4n) is 10.3. The van der Waals surface area contributed by atoms with E-state index in [1.54, 1.807) is 0 Å². The van der Waals surface area contributed by atoms with Crippen LogP contribution < -0.4 is 22.9 Å². The normalized spacial score (nSPS) is 31.1. The molecule has 49 heteroatoms. The van der Waals surface area contributed by atoms with E-state index >= 15 is 0 Å². The molecule has 4 aliphatic heterocycles. The molecule has 19 atom stereocenters. The maximum atomic E-state index is 14.1. The van der Waals surface area contributed by atoms with Crippen LogP contribution >= 0.6 is 31.1 Å². The number of ether oxygens (including phenoxy) is 5. The first-order valence-electron chi connectivity index (χ1n) is 26.0. The van der Waals surface area contributed by atoms with Gasteiger partial charge in [0.2, 0.25) is 0 Å². The lowest BCUT2D eigenvalue weighted by Gasteiger charge is -2.25. The lowest BCUT2D eigenvalue weighted by atomic mass is 10.1. The molecule has 486 valence electrons. The lowest BCUT2D eigenvalue weighted by molar-refractivity contribution is -0.0672. The van der Waals surface area contributed by atoms with E-state index in [4.69, 9.17) is 69.2 Å². The van der Waals surface area contributed by atoms with Gasteiger partial charge in [-0.2, -0.15) is 0 Å². The van der Waals surface area contributed by atoms with Crippen LogP contribution in [0.1, 0.15) is 24.9 Å². The molecule has 8 aromatic heterocycles. The molecule has 4 saturated heterocycles. The second-order valence-corrected chi connectivity index (χ2v) is 26.0. The van der Waals surface area contributed by atoms with E-state index in [0.29, 0.717) is 0 Å². The van der Waals surface area contributed by atoms with Gasteiger partial charge in [0.1, 0.15) is 127 Å². The zero-order valence-electron chi connectivity index (χ0n) is 45.2. The number of aliphatic hydroxyl groups is 5. The highest BCUT2D eigenvalue weighted by atomic mass is 31.2. The first-order valence-corrected chi connectivity index (χ1v) is 32.3. The number of imidazole rings is 4. The average molecular weight is 1350 g/mol. The molecule has 45 nitrogen and oxygen atoms in total. The number of rotatable bonds is 23. The molecule has 0 aromatic carbocycles. The second-order valence-electron chi connectivity index (χ2n) is 20.2. The van der Waals surface area contributed by atoms with Gasteiger partial charge in [0.05, 0.1) is 51.7 Å². The number of hydrogen-bond acceptors (Lipinski definition) is 36. The van der Waals surface area contributed by atoms with Crippen LogP contribution in [0.4, 0.5) is 23.3 Å². The Morgan fingerprint density at radius 3 is 1.08 bits per heavy atom. The molecule has 8 aromatic rings. The van der Waals surface area contributed by atoms with E-state index in [-0.39, 0.29) is 67.9 Å². The highest BCUT2D eigenvalue weighted by Gasteiger charge is 2.55. The zero-order valence-corrected chi connectivity index (χ0v) is 48.8. The third kappa shape index (κ3) is 12.5. The van der Waals surface area contributed by atoms with Crippen LogP contribution in [0.5, 0.6) is 0 Å². The van der Waals surface area contributed by atoms with Crippen molar-refractivity contribution in [1.82, 2.24) is 78.1 Å². The Morgan fingerprint density at radius 2 is 0.711 bits per heavy atom. The molecule has 4 fully saturated rings. The number of nitrogens with two attached hydrogens (primary N) is 4. The van der Waals surface area contributed by atoms with Crippen LogP contribution in [0.25, 0.3) is 44.7 Å². The summed E-state index contributed by atoms with van der Waals surface area (Å²) in [5.41, 5.74) is 24.0. The van der Waals surface area contributed by atoms with Gasteiger partial charge in [-0.3, -0.25) is 50.0 Å². The molecule has 0 amide bonds. The van der Waals surface area contributed by atoms with E-state index in [1.807, 2.05) is 0 Å². The lowest BCUT2D eigenvalue weighted by Crippen LogP contribution is -2.37. The Bertz CT molecular complexity index is 4170. The summed E-state index contributed by atoms with van der Waals surface area (Å²) in [6.45, 7) is -3.79. The van der Waals surface area contributed by atoms with E-state index in [0.717, 1.165) is 58.0 Å². The van der Waals surface area contributed by atoms with Gasteiger partial charge in [-0.1, -0.05) is 0 Å². The summed E-state index contributed by atoms with van der Waals surface area (Å²) in [6, 6.07) is 0. The van der Waals surface area contributed by atoms with Crippen molar-refractivity contribution in [2.75, 3.05) is 55.7 Å². The number of phosphoric acid groups is 3. The SMILES string of the molecule is Nc1ncnc2c1ncn2[C@@H]1O[C@H](COP(=O)(O)O[C@@H]2[C@H](O)[C@@H](COP(=O)(O)O[C@H]3[C@H](O)[C@@H](COCP(=O)(O)O[C@@H]4[C@H](O)[C@@H](COP(=O)(O)O)O[C@H]4n4cnc5c(N)ncnc54)O[C@H]3n3cnc4c(N)ncnc43)O[C@H]2n2cnc3c(N)ncnc32)[C@@H](O)[C@H]1O. The molecular formula is C41H52N20O25P4. The highest BCUT2D eigenvalue weighted by Crippen LogP contribution is 2.54. The summed E-state index contributed by atoms with van der Waals surface area (Å²) in [4.78, 5) is 101. The molecule has 90 heavy (non-hydrogen) atoms. The van der Waals surface area contributed by atoms with Crippen LogP contribution in [0.15, 0.2) is 50.6 Å². The molecule has 3 unspecified atom stereocenters. The van der Waals surface area contributed by atoms with Gasteiger partial charge in [0, 0.05) is 0 Å². The number of anilines is 4. The fraction of sp³-hybridized carbons (Fsp3) is 0.512. The summed E-state index contributed by atoms with van der Waals surface area (Å²) in [5.74, 6) is -0.322. The first kappa shape index (κ1) is 63.6. The summed E-state index contributed by atoms with van der Waals surface area (Å²) in [7, 11) is -21.2. The average Bonchev–Trinajstić information content (AvgIpc) is 1.67. The smallest absolute Gasteiger partial charge is 0.387 e. The number of phosphoric ester groups is 3. The van der Waals surface area contributed by atoms with Crippen molar-refractivity contribution >= 4 is 99.0 Å². The maximum Gasteiger partial charge on any atom is 0.472 e. The Morgan fingerprint density at radius 1 is 0.400 bits per heavy atom. The van der Waals surface area contributed by atoms with Crippen molar-refractivity contribution in [3.63, 3.8) is 0 Å². The largest absolute Gasteiger partial charge is 0.472 e. The predicted octanol–water partition coefficient (Wildman–Crippen LogP) is -4.27. The van der Waals surface area contributed by atoms with Crippen LogP contribution in [0, 0.1) is 0 Å². The van der Waals surface area contributed by atoms with Crippen LogP contribution in [0.3, 0.4) is 0 Å². The van der Waals surface area contributed by atoms with Gasteiger partial charge >= 0.3 is 31.1 Å². The summed E-state index contributed by atoms with van der Waals surface area (Å²) in [5, 5.41) is 56.8. The van der Waals surface area contributed by atoms with Crippen molar-refractivity contribution < 1.29 is 119 Å². The molecule has 0 radical (unpaired) electrons. The van der Waals surface area contributed by atoms with Crippen LogP contribution in [-0.2, 0) is 69.1 Å². The number of fused-ring (bicyclic) bond motifs is 4. The van der Waals surface area contributed by atoms with Crippen LogP contribution in [-0.4, -0.2) is 234 Å². The minimum Gasteiger partial charge on any atom is -0.387 e. The molecule has 4 aliphatic rings. The van der Waals surface area contributed by atoms with Gasteiger partial charge in [-0.05, 0) is 0 Å². The first-order chi connectivity index (χ1) is 42.7.